The predicted octanol–water partition coefficient (Wildman–Crippen LogP) is 5.20. The maximum Gasteiger partial charge on any atom is 0.202 e. The summed E-state index contributed by atoms with van der Waals surface area (Å²) in [5.74, 6) is 2.10. The van der Waals surface area contributed by atoms with Crippen LogP contribution in [0.15, 0.2) is 97.1 Å². The van der Waals surface area contributed by atoms with Crippen LogP contribution in [0, 0.1) is 5.82 Å². The van der Waals surface area contributed by atoms with Gasteiger partial charge in [-0.1, -0.05) is 0 Å². The Hall–Kier alpha value is -3.56. The number of benzene rings is 4. The molecule has 0 unspecified atom stereocenters. The summed E-state index contributed by atoms with van der Waals surface area (Å²) in [4.78, 5) is 0. The second-order valence-corrected chi connectivity index (χ2v) is 11.1. The van der Waals surface area contributed by atoms with Crippen molar-refractivity contribution in [3.8, 4) is 17.2 Å². The van der Waals surface area contributed by atoms with Crippen molar-refractivity contribution in [1.29, 1.82) is 0 Å². The molecule has 0 aliphatic rings. The van der Waals surface area contributed by atoms with Crippen molar-refractivity contribution in [2.45, 2.75) is 0 Å². The zero-order chi connectivity index (χ0) is 24.1. The summed E-state index contributed by atoms with van der Waals surface area (Å²) >= 11 is 0. The molecule has 4 aromatic carbocycles. The number of hydrogen-bond donors (Lipinski definition) is 0. The minimum Gasteiger partial charge on any atom is -0.497 e. The van der Waals surface area contributed by atoms with Gasteiger partial charge >= 0.3 is 0 Å². The molecule has 0 fully saturated rings. The van der Waals surface area contributed by atoms with Gasteiger partial charge in [0.15, 0.2) is 0 Å². The molecule has 34 heavy (non-hydrogen) atoms. The van der Waals surface area contributed by atoms with Gasteiger partial charge in [-0.15, -0.1) is 0 Å². The van der Waals surface area contributed by atoms with Gasteiger partial charge in [-0.25, -0.2) is 9.06 Å². The first-order valence-electron chi connectivity index (χ1n) is 10.9. The fourth-order valence-electron chi connectivity index (χ4n) is 4.19. The SMILES string of the molecule is COc1ccc([P+](c2ccc(OC)cc2)(c2ccc(OC)cc2)N(C)c2ccc(F)cc2)cc1. The summed E-state index contributed by atoms with van der Waals surface area (Å²) in [5, 5.41) is 3.40. The average molecular weight is 477 g/mol. The third-order valence-corrected chi connectivity index (χ3v) is 10.3. The Bertz CT molecular complexity index is 1100. The molecule has 0 aromatic heterocycles. The maximum absolute atomic E-state index is 13.8. The molecular formula is C28H28FNO3P+. The van der Waals surface area contributed by atoms with Crippen LogP contribution in [0.1, 0.15) is 0 Å². The highest BCUT2D eigenvalue weighted by Gasteiger charge is 2.50. The first-order valence-corrected chi connectivity index (χ1v) is 12.6. The molecule has 0 aliphatic carbocycles. The monoisotopic (exact) mass is 476 g/mol. The van der Waals surface area contributed by atoms with Crippen LogP contribution in [0.25, 0.3) is 0 Å². The molecule has 6 heteroatoms. The zero-order valence-corrected chi connectivity index (χ0v) is 20.6. The topological polar surface area (TPSA) is 30.9 Å². The van der Waals surface area contributed by atoms with Crippen LogP contribution in [0.2, 0.25) is 0 Å². The Balaban J connectivity index is 2.04. The number of anilines is 1. The molecule has 174 valence electrons. The number of ether oxygens (including phenoxy) is 3. The van der Waals surface area contributed by atoms with E-state index in [9.17, 15) is 4.39 Å². The van der Waals surface area contributed by atoms with E-state index in [1.807, 2.05) is 48.5 Å². The molecule has 0 heterocycles. The van der Waals surface area contributed by atoms with Crippen LogP contribution in [-0.4, -0.2) is 28.4 Å². The summed E-state index contributed by atoms with van der Waals surface area (Å²) in [6, 6.07) is 31.2. The van der Waals surface area contributed by atoms with Crippen LogP contribution < -0.4 is 34.8 Å². The molecule has 0 amide bonds. The van der Waals surface area contributed by atoms with E-state index in [1.54, 1.807) is 21.3 Å². The molecule has 0 radical (unpaired) electrons. The standard InChI is InChI=1S/C28H28FNO3P/c1-30(22-7-5-21(29)6-8-22)34(26-15-9-23(31-2)10-16-26,27-17-11-24(32-3)12-18-27)28-19-13-25(33-4)14-20-28/h5-20H,1-4H3/q+1. The quantitative estimate of drug-likeness (QED) is 0.327. The summed E-state index contributed by atoms with van der Waals surface area (Å²) in [7, 11) is 4.63. The van der Waals surface area contributed by atoms with E-state index in [0.29, 0.717) is 0 Å². The van der Waals surface area contributed by atoms with Crippen LogP contribution in [0.3, 0.4) is 0 Å². The molecule has 0 saturated heterocycles. The Morgan fingerprint density at radius 3 is 1.15 bits per heavy atom. The van der Waals surface area contributed by atoms with Crippen molar-refractivity contribution < 1.29 is 18.6 Å². The minimum atomic E-state index is -2.43. The summed E-state index contributed by atoms with van der Waals surface area (Å²) < 4.78 is 32.4. The lowest BCUT2D eigenvalue weighted by Gasteiger charge is -2.36. The van der Waals surface area contributed by atoms with Crippen LogP contribution >= 0.6 is 7.41 Å². The highest BCUT2D eigenvalue weighted by atomic mass is 31.2. The average Bonchev–Trinajstić information content (AvgIpc) is 2.90. The molecule has 0 atom stereocenters. The van der Waals surface area contributed by atoms with Crippen molar-refractivity contribution in [3.05, 3.63) is 103 Å². The first kappa shape index (κ1) is 23.6. The van der Waals surface area contributed by atoms with Gasteiger partial charge in [-0.2, -0.15) is 0 Å². The van der Waals surface area contributed by atoms with E-state index >= 15 is 0 Å². The van der Waals surface area contributed by atoms with Crippen molar-refractivity contribution in [1.82, 2.24) is 0 Å². The first-order chi connectivity index (χ1) is 16.5. The Kier molecular flexibility index (Phi) is 7.04. The minimum absolute atomic E-state index is 0.264. The maximum atomic E-state index is 13.8. The van der Waals surface area contributed by atoms with Gasteiger partial charge in [0.25, 0.3) is 0 Å². The lowest BCUT2D eigenvalue weighted by molar-refractivity contribution is 0.415. The normalized spacial score (nSPS) is 11.1. The number of rotatable bonds is 8. The number of methoxy groups -OCH3 is 3. The van der Waals surface area contributed by atoms with E-state index in [-0.39, 0.29) is 5.82 Å². The van der Waals surface area contributed by atoms with Gasteiger partial charge in [0.1, 0.15) is 39.0 Å². The van der Waals surface area contributed by atoms with E-state index < -0.39 is 7.41 Å². The zero-order valence-electron chi connectivity index (χ0n) is 19.7. The summed E-state index contributed by atoms with van der Waals surface area (Å²) in [6.07, 6.45) is 0. The second kappa shape index (κ2) is 10.1. The van der Waals surface area contributed by atoms with E-state index in [0.717, 1.165) is 38.8 Å². The highest BCUT2D eigenvalue weighted by Crippen LogP contribution is 2.59. The largest absolute Gasteiger partial charge is 0.497 e. The third-order valence-electron chi connectivity index (χ3n) is 5.99. The number of hydrogen-bond acceptors (Lipinski definition) is 4. The van der Waals surface area contributed by atoms with Gasteiger partial charge in [-0.3, -0.25) is 0 Å². The Morgan fingerprint density at radius 2 is 0.853 bits per heavy atom. The van der Waals surface area contributed by atoms with E-state index in [1.165, 1.54) is 12.1 Å². The summed E-state index contributed by atoms with van der Waals surface area (Å²) in [6.45, 7) is 0. The van der Waals surface area contributed by atoms with Gasteiger partial charge in [0.2, 0.25) is 7.41 Å². The third kappa shape index (κ3) is 4.32. The molecular weight excluding hydrogens is 448 g/mol. The van der Waals surface area contributed by atoms with Gasteiger partial charge in [0.05, 0.1) is 27.0 Å². The molecule has 0 N–H and O–H groups in total. The molecule has 0 aliphatic heterocycles. The van der Waals surface area contributed by atoms with Crippen molar-refractivity contribution in [2.24, 2.45) is 0 Å². The number of halogens is 1. The van der Waals surface area contributed by atoms with Gasteiger partial charge in [-0.05, 0) is 97.1 Å². The summed E-state index contributed by atoms with van der Waals surface area (Å²) in [5.41, 5.74) is 0.914. The van der Waals surface area contributed by atoms with E-state index in [4.69, 9.17) is 14.2 Å². The molecule has 4 nitrogen and oxygen atoms in total. The van der Waals surface area contributed by atoms with Gasteiger partial charge < -0.3 is 14.2 Å². The Morgan fingerprint density at radius 1 is 0.529 bits per heavy atom. The molecule has 0 saturated carbocycles. The fraction of sp³-hybridized carbons (Fsp3) is 0.143. The highest BCUT2D eigenvalue weighted by molar-refractivity contribution is 7.96. The fourth-order valence-corrected chi connectivity index (χ4v) is 8.35. The van der Waals surface area contributed by atoms with Gasteiger partial charge in [0, 0.05) is 7.05 Å². The van der Waals surface area contributed by atoms with Crippen molar-refractivity contribution >= 4 is 29.0 Å². The molecule has 4 aromatic rings. The van der Waals surface area contributed by atoms with Crippen molar-refractivity contribution in [2.75, 3.05) is 33.0 Å². The second-order valence-electron chi connectivity index (χ2n) is 7.73. The predicted molar refractivity (Wildman–Crippen MR) is 140 cm³/mol. The lowest BCUT2D eigenvalue weighted by Crippen LogP contribution is -2.41. The van der Waals surface area contributed by atoms with Crippen LogP contribution in [0.4, 0.5) is 10.1 Å². The molecule has 4 rings (SSSR count). The Labute approximate surface area is 200 Å². The van der Waals surface area contributed by atoms with Crippen LogP contribution in [0.5, 0.6) is 17.2 Å². The van der Waals surface area contributed by atoms with Crippen molar-refractivity contribution in [3.63, 3.8) is 0 Å². The smallest absolute Gasteiger partial charge is 0.202 e. The molecule has 0 spiro atoms. The number of nitrogens with zero attached hydrogens (tertiary/aromatic N) is 1. The molecule has 0 bridgehead atoms. The lowest BCUT2D eigenvalue weighted by atomic mass is 10.3. The van der Waals surface area contributed by atoms with E-state index in [2.05, 4.69) is 48.1 Å². The van der Waals surface area contributed by atoms with Crippen LogP contribution in [-0.2, 0) is 0 Å².